The second-order valence-electron chi connectivity index (χ2n) is 2.51. The van der Waals surface area contributed by atoms with Crippen molar-refractivity contribution in [2.24, 2.45) is 0 Å². The van der Waals surface area contributed by atoms with E-state index in [9.17, 15) is 4.79 Å². The maximum atomic E-state index is 11.0. The molecule has 0 radical (unpaired) electrons. The van der Waals surface area contributed by atoms with E-state index >= 15 is 0 Å². The highest BCUT2D eigenvalue weighted by atomic mass is 79.9. The first-order valence-electron chi connectivity index (χ1n) is 3.88. The maximum Gasteiger partial charge on any atom is 0.396 e. The second kappa shape index (κ2) is 3.85. The lowest BCUT2D eigenvalue weighted by molar-refractivity contribution is 0.0556. The fraction of sp³-hybridized carbons (Fsp3) is 0.125. The first-order valence-corrected chi connectivity index (χ1v) is 4.67. The van der Waals surface area contributed by atoms with Crippen molar-refractivity contribution in [3.63, 3.8) is 0 Å². The average molecular weight is 273 g/mol. The van der Waals surface area contributed by atoms with Crippen LogP contribution in [-0.4, -0.2) is 23.3 Å². The van der Waals surface area contributed by atoms with E-state index in [2.05, 4.69) is 30.9 Å². The summed E-state index contributed by atoms with van der Waals surface area (Å²) in [6.45, 7) is 0. The molecule has 2 heterocycles. The zero-order valence-corrected chi connectivity index (χ0v) is 9.15. The van der Waals surface area contributed by atoms with E-state index in [-0.39, 0.29) is 11.8 Å². The minimum absolute atomic E-state index is 0.126. The number of hydrogen-bond acceptors (Lipinski definition) is 6. The van der Waals surface area contributed by atoms with Gasteiger partial charge in [0.25, 0.3) is 5.89 Å². The van der Waals surface area contributed by atoms with E-state index in [0.717, 1.165) is 0 Å². The minimum Gasteiger partial charge on any atom is -0.462 e. The highest BCUT2D eigenvalue weighted by Gasteiger charge is 2.17. The molecule has 2 aromatic rings. The van der Waals surface area contributed by atoms with Gasteiger partial charge in [-0.2, -0.15) is 0 Å². The Morgan fingerprint density at radius 2 is 2.20 bits per heavy atom. The number of carbonyl (C=O) groups is 1. The topological polar surface area (TPSA) is 78.4 Å². The van der Waals surface area contributed by atoms with Gasteiger partial charge < -0.3 is 13.6 Å². The minimum atomic E-state index is -0.681. The molecule has 0 N–H and O–H groups in total. The number of nitrogens with zero attached hydrogens (tertiary/aromatic N) is 2. The molecule has 78 valence electrons. The molecule has 0 amide bonds. The van der Waals surface area contributed by atoms with Gasteiger partial charge in [0.2, 0.25) is 0 Å². The van der Waals surface area contributed by atoms with E-state index in [1.54, 1.807) is 12.1 Å². The van der Waals surface area contributed by atoms with Crippen molar-refractivity contribution in [3.05, 3.63) is 22.7 Å². The molecule has 0 bridgehead atoms. The third-order valence-corrected chi connectivity index (χ3v) is 2.00. The molecule has 15 heavy (non-hydrogen) atoms. The number of furan rings is 1. The lowest BCUT2D eigenvalue weighted by Gasteiger charge is -1.89. The van der Waals surface area contributed by atoms with Gasteiger partial charge in [0.05, 0.1) is 7.11 Å². The van der Waals surface area contributed by atoms with Crippen molar-refractivity contribution in [2.45, 2.75) is 0 Å². The normalized spacial score (nSPS) is 10.3. The van der Waals surface area contributed by atoms with Gasteiger partial charge in [0.15, 0.2) is 10.4 Å². The maximum absolute atomic E-state index is 11.0. The SMILES string of the molecule is COC(=O)c1nnc(-c2ccc(Br)o2)o1. The van der Waals surface area contributed by atoms with E-state index in [0.29, 0.717) is 10.4 Å². The lowest BCUT2D eigenvalue weighted by Crippen LogP contribution is -2.00. The van der Waals surface area contributed by atoms with Gasteiger partial charge in [0, 0.05) is 0 Å². The van der Waals surface area contributed by atoms with Crippen LogP contribution in [0, 0.1) is 0 Å². The van der Waals surface area contributed by atoms with Gasteiger partial charge in [-0.1, -0.05) is 0 Å². The van der Waals surface area contributed by atoms with Crippen LogP contribution in [0.3, 0.4) is 0 Å². The average Bonchev–Trinajstić information content (AvgIpc) is 2.84. The molecular weight excluding hydrogens is 268 g/mol. The first-order chi connectivity index (χ1) is 7.20. The number of methoxy groups -OCH3 is 1. The van der Waals surface area contributed by atoms with Crippen LogP contribution in [0.2, 0.25) is 0 Å². The van der Waals surface area contributed by atoms with Crippen LogP contribution in [0.4, 0.5) is 0 Å². The Labute approximate surface area is 92.4 Å². The van der Waals surface area contributed by atoms with Crippen LogP contribution in [-0.2, 0) is 4.74 Å². The number of carbonyl (C=O) groups excluding carboxylic acids is 1. The van der Waals surface area contributed by atoms with Gasteiger partial charge in [-0.15, -0.1) is 10.2 Å². The van der Waals surface area contributed by atoms with Crippen LogP contribution in [0.25, 0.3) is 11.7 Å². The number of esters is 1. The van der Waals surface area contributed by atoms with Crippen LogP contribution < -0.4 is 0 Å². The number of ether oxygens (including phenoxy) is 1. The zero-order valence-electron chi connectivity index (χ0n) is 7.56. The standard InChI is InChI=1S/C8H5BrN2O4/c1-13-8(12)7-11-10-6(15-7)4-2-3-5(9)14-4/h2-3H,1H3. The Kier molecular flexibility index (Phi) is 2.55. The van der Waals surface area contributed by atoms with Crippen molar-refractivity contribution in [1.82, 2.24) is 10.2 Å². The van der Waals surface area contributed by atoms with E-state index in [4.69, 9.17) is 8.83 Å². The molecule has 0 fully saturated rings. The highest BCUT2D eigenvalue weighted by Crippen LogP contribution is 2.23. The van der Waals surface area contributed by atoms with Crippen LogP contribution in [0.1, 0.15) is 10.7 Å². The first kappa shape index (κ1) is 9.91. The van der Waals surface area contributed by atoms with Gasteiger partial charge in [0.1, 0.15) is 0 Å². The summed E-state index contributed by atoms with van der Waals surface area (Å²) in [5.41, 5.74) is 0. The molecule has 0 saturated carbocycles. The van der Waals surface area contributed by atoms with Gasteiger partial charge >= 0.3 is 11.9 Å². The van der Waals surface area contributed by atoms with Crippen LogP contribution in [0.5, 0.6) is 0 Å². The molecule has 6 nitrogen and oxygen atoms in total. The Balaban J connectivity index is 2.31. The van der Waals surface area contributed by atoms with Crippen molar-refractivity contribution >= 4 is 21.9 Å². The molecule has 0 aliphatic rings. The summed E-state index contributed by atoms with van der Waals surface area (Å²) in [4.78, 5) is 11.0. The monoisotopic (exact) mass is 272 g/mol. The van der Waals surface area contributed by atoms with Crippen LogP contribution >= 0.6 is 15.9 Å². The molecule has 2 rings (SSSR count). The molecule has 0 aromatic carbocycles. The summed E-state index contributed by atoms with van der Waals surface area (Å²) < 4.78 is 15.1. The Morgan fingerprint density at radius 3 is 2.80 bits per heavy atom. The summed E-state index contributed by atoms with van der Waals surface area (Å²) in [5.74, 6) is -0.384. The van der Waals surface area contributed by atoms with Gasteiger partial charge in [-0.05, 0) is 28.1 Å². The van der Waals surface area contributed by atoms with Crippen molar-refractivity contribution in [1.29, 1.82) is 0 Å². The molecule has 0 unspecified atom stereocenters. The van der Waals surface area contributed by atoms with Crippen molar-refractivity contribution in [2.75, 3.05) is 7.11 Å². The number of aromatic nitrogens is 2. The van der Waals surface area contributed by atoms with Crippen molar-refractivity contribution < 1.29 is 18.4 Å². The largest absolute Gasteiger partial charge is 0.462 e. The van der Waals surface area contributed by atoms with Gasteiger partial charge in [-0.25, -0.2) is 4.79 Å². The fourth-order valence-corrected chi connectivity index (χ4v) is 1.23. The molecule has 0 aliphatic carbocycles. The molecule has 0 saturated heterocycles. The summed E-state index contributed by atoms with van der Waals surface area (Å²) in [5, 5.41) is 7.14. The Morgan fingerprint density at radius 1 is 1.40 bits per heavy atom. The lowest BCUT2D eigenvalue weighted by atomic mass is 10.5. The third kappa shape index (κ3) is 1.91. The highest BCUT2D eigenvalue weighted by molar-refractivity contribution is 9.10. The number of rotatable bonds is 2. The summed E-state index contributed by atoms with van der Waals surface area (Å²) in [7, 11) is 1.23. The number of halogens is 1. The molecule has 0 atom stereocenters. The summed E-state index contributed by atoms with van der Waals surface area (Å²) in [6, 6.07) is 3.32. The predicted molar refractivity (Wildman–Crippen MR) is 51.0 cm³/mol. The van der Waals surface area contributed by atoms with E-state index in [1.165, 1.54) is 7.11 Å². The summed E-state index contributed by atoms with van der Waals surface area (Å²) >= 11 is 3.13. The quantitative estimate of drug-likeness (QED) is 0.777. The molecule has 2 aromatic heterocycles. The zero-order chi connectivity index (χ0) is 10.8. The smallest absolute Gasteiger partial charge is 0.396 e. The van der Waals surface area contributed by atoms with Crippen molar-refractivity contribution in [3.8, 4) is 11.7 Å². The summed E-state index contributed by atoms with van der Waals surface area (Å²) in [6.07, 6.45) is 0. The number of hydrogen-bond donors (Lipinski definition) is 0. The van der Waals surface area contributed by atoms with E-state index < -0.39 is 5.97 Å². The third-order valence-electron chi connectivity index (χ3n) is 1.57. The van der Waals surface area contributed by atoms with E-state index in [1.807, 2.05) is 0 Å². The predicted octanol–water partition coefficient (Wildman–Crippen LogP) is 1.88. The molecule has 0 spiro atoms. The second-order valence-corrected chi connectivity index (χ2v) is 3.29. The fourth-order valence-electron chi connectivity index (χ4n) is 0.922. The van der Waals surface area contributed by atoms with Crippen LogP contribution in [0.15, 0.2) is 25.6 Å². The molecular formula is C8H5BrN2O4. The van der Waals surface area contributed by atoms with Gasteiger partial charge in [-0.3, -0.25) is 0 Å². The molecule has 0 aliphatic heterocycles. The Bertz CT molecular complexity index is 490. The Hall–Kier alpha value is -1.63. The molecule has 7 heteroatoms.